The second-order valence-corrected chi connectivity index (χ2v) is 5.71. The van der Waals surface area contributed by atoms with Crippen molar-refractivity contribution in [3.63, 3.8) is 0 Å². The van der Waals surface area contributed by atoms with Crippen molar-refractivity contribution in [2.24, 2.45) is 0 Å². The topological polar surface area (TPSA) is 29.5 Å². The molecule has 0 amide bonds. The van der Waals surface area contributed by atoms with Gasteiger partial charge < -0.3 is 9.84 Å². The number of thiophene rings is 1. The van der Waals surface area contributed by atoms with Crippen LogP contribution in [0.1, 0.15) is 29.9 Å². The van der Waals surface area contributed by atoms with Gasteiger partial charge in [-0.3, -0.25) is 0 Å². The molecule has 0 aliphatic rings. The lowest BCUT2D eigenvalue weighted by atomic mass is 10.1. The summed E-state index contributed by atoms with van der Waals surface area (Å²) in [5, 5.41) is 10.2. The fraction of sp³-hybridized carbons (Fsp3) is 0.286. The molecule has 18 heavy (non-hydrogen) atoms. The van der Waals surface area contributed by atoms with E-state index in [9.17, 15) is 5.11 Å². The van der Waals surface area contributed by atoms with Crippen LogP contribution in [0, 0.1) is 0 Å². The fourth-order valence-electron chi connectivity index (χ4n) is 1.61. The summed E-state index contributed by atoms with van der Waals surface area (Å²) in [7, 11) is 0. The van der Waals surface area contributed by atoms with Crippen molar-refractivity contribution in [2.75, 3.05) is 6.61 Å². The highest BCUT2D eigenvalue weighted by molar-refractivity contribution is 7.16. The average Bonchev–Trinajstić information content (AvgIpc) is 2.83. The van der Waals surface area contributed by atoms with Gasteiger partial charge in [-0.2, -0.15) is 0 Å². The van der Waals surface area contributed by atoms with Gasteiger partial charge in [0.25, 0.3) is 0 Å². The van der Waals surface area contributed by atoms with Gasteiger partial charge in [-0.15, -0.1) is 11.3 Å². The highest BCUT2D eigenvalue weighted by Crippen LogP contribution is 2.31. The summed E-state index contributed by atoms with van der Waals surface area (Å²) in [5.41, 5.74) is 0.845. The van der Waals surface area contributed by atoms with Crippen molar-refractivity contribution in [1.82, 2.24) is 0 Å². The van der Waals surface area contributed by atoms with Gasteiger partial charge in [-0.25, -0.2) is 0 Å². The molecular formula is C14H15ClO2S. The molecule has 2 rings (SSSR count). The summed E-state index contributed by atoms with van der Waals surface area (Å²) in [6, 6.07) is 11.2. The van der Waals surface area contributed by atoms with Gasteiger partial charge in [0.1, 0.15) is 11.9 Å². The maximum atomic E-state index is 10.2. The Labute approximate surface area is 116 Å². The molecule has 0 aliphatic heterocycles. The predicted molar refractivity (Wildman–Crippen MR) is 75.6 cm³/mol. The number of rotatable bonds is 5. The highest BCUT2D eigenvalue weighted by atomic mass is 35.5. The third-order valence-electron chi connectivity index (χ3n) is 2.53. The van der Waals surface area contributed by atoms with Crippen molar-refractivity contribution < 1.29 is 9.84 Å². The van der Waals surface area contributed by atoms with Gasteiger partial charge in [0.05, 0.1) is 10.9 Å². The Morgan fingerprint density at radius 1 is 1.22 bits per heavy atom. The van der Waals surface area contributed by atoms with Crippen LogP contribution in [0.3, 0.4) is 0 Å². The Balaban J connectivity index is 2.09. The molecule has 1 unspecified atom stereocenters. The minimum Gasteiger partial charge on any atom is -0.494 e. The van der Waals surface area contributed by atoms with Crippen LogP contribution in [0.15, 0.2) is 36.4 Å². The minimum atomic E-state index is -0.622. The molecule has 0 bridgehead atoms. The van der Waals surface area contributed by atoms with E-state index in [1.54, 1.807) is 6.07 Å². The normalized spacial score (nSPS) is 12.4. The van der Waals surface area contributed by atoms with Gasteiger partial charge >= 0.3 is 0 Å². The van der Waals surface area contributed by atoms with Crippen LogP contribution in [-0.2, 0) is 0 Å². The molecule has 1 aromatic carbocycles. The van der Waals surface area contributed by atoms with Gasteiger partial charge in [0.2, 0.25) is 0 Å². The number of aliphatic hydroxyl groups excluding tert-OH is 1. The second-order valence-electron chi connectivity index (χ2n) is 3.96. The molecule has 0 aliphatic carbocycles. The maximum absolute atomic E-state index is 10.2. The van der Waals surface area contributed by atoms with E-state index in [1.165, 1.54) is 11.3 Å². The van der Waals surface area contributed by atoms with E-state index in [2.05, 4.69) is 6.92 Å². The quantitative estimate of drug-likeness (QED) is 0.887. The molecule has 0 spiro atoms. The SMILES string of the molecule is CCCOc1ccc(C(O)c2ccc(Cl)s2)cc1. The average molecular weight is 283 g/mol. The van der Waals surface area contributed by atoms with Crippen LogP contribution in [-0.4, -0.2) is 11.7 Å². The molecule has 1 heterocycles. The Kier molecular flexibility index (Phi) is 4.64. The number of hydrogen-bond donors (Lipinski definition) is 1. The van der Waals surface area contributed by atoms with E-state index < -0.39 is 6.10 Å². The zero-order chi connectivity index (χ0) is 13.0. The fourth-order valence-corrected chi connectivity index (χ4v) is 2.68. The zero-order valence-electron chi connectivity index (χ0n) is 10.1. The molecular weight excluding hydrogens is 268 g/mol. The largest absolute Gasteiger partial charge is 0.494 e. The summed E-state index contributed by atoms with van der Waals surface area (Å²) in [4.78, 5) is 0.849. The third kappa shape index (κ3) is 3.25. The van der Waals surface area contributed by atoms with Gasteiger partial charge in [-0.1, -0.05) is 30.7 Å². The number of ether oxygens (including phenoxy) is 1. The van der Waals surface area contributed by atoms with E-state index in [1.807, 2.05) is 30.3 Å². The number of benzene rings is 1. The first-order chi connectivity index (χ1) is 8.70. The first-order valence-electron chi connectivity index (χ1n) is 5.86. The molecule has 0 saturated heterocycles. The number of hydrogen-bond acceptors (Lipinski definition) is 3. The van der Waals surface area contributed by atoms with Gasteiger partial charge in [0, 0.05) is 4.88 Å². The molecule has 1 aromatic heterocycles. The van der Waals surface area contributed by atoms with E-state index in [0.717, 1.165) is 22.6 Å². The van der Waals surface area contributed by atoms with Gasteiger partial charge in [-0.05, 0) is 36.2 Å². The lowest BCUT2D eigenvalue weighted by Crippen LogP contribution is -1.98. The number of aliphatic hydroxyl groups is 1. The standard InChI is InChI=1S/C14H15ClO2S/c1-2-9-17-11-5-3-10(4-6-11)14(16)12-7-8-13(15)18-12/h3-8,14,16H,2,9H2,1H3. The molecule has 4 heteroatoms. The summed E-state index contributed by atoms with van der Waals surface area (Å²) < 4.78 is 6.19. The van der Waals surface area contributed by atoms with Crippen LogP contribution in [0.4, 0.5) is 0 Å². The Hall–Kier alpha value is -1.03. The monoisotopic (exact) mass is 282 g/mol. The predicted octanol–water partition coefficient (Wildman–Crippen LogP) is 4.27. The molecule has 96 valence electrons. The molecule has 0 saturated carbocycles. The van der Waals surface area contributed by atoms with Crippen LogP contribution in [0.25, 0.3) is 0 Å². The second kappa shape index (κ2) is 6.23. The van der Waals surface area contributed by atoms with Crippen molar-refractivity contribution in [2.45, 2.75) is 19.4 Å². The van der Waals surface area contributed by atoms with Crippen LogP contribution in [0.2, 0.25) is 4.34 Å². The van der Waals surface area contributed by atoms with Crippen molar-refractivity contribution in [3.05, 3.63) is 51.2 Å². The van der Waals surface area contributed by atoms with E-state index in [-0.39, 0.29) is 0 Å². The first-order valence-corrected chi connectivity index (χ1v) is 7.06. The van der Waals surface area contributed by atoms with Crippen LogP contribution >= 0.6 is 22.9 Å². The van der Waals surface area contributed by atoms with E-state index in [0.29, 0.717) is 10.9 Å². The lowest BCUT2D eigenvalue weighted by Gasteiger charge is -2.10. The maximum Gasteiger partial charge on any atom is 0.119 e. The Bertz CT molecular complexity index is 493. The molecule has 2 aromatic rings. The minimum absolute atomic E-state index is 0.622. The van der Waals surface area contributed by atoms with Crippen molar-refractivity contribution >= 4 is 22.9 Å². The summed E-state index contributed by atoms with van der Waals surface area (Å²) >= 11 is 7.25. The summed E-state index contributed by atoms with van der Waals surface area (Å²) in [6.07, 6.45) is 0.362. The van der Waals surface area contributed by atoms with Crippen LogP contribution < -0.4 is 4.74 Å². The number of halogens is 1. The molecule has 2 nitrogen and oxygen atoms in total. The Morgan fingerprint density at radius 3 is 2.50 bits per heavy atom. The van der Waals surface area contributed by atoms with E-state index >= 15 is 0 Å². The van der Waals surface area contributed by atoms with Crippen molar-refractivity contribution in [3.8, 4) is 5.75 Å². The molecule has 0 radical (unpaired) electrons. The summed E-state index contributed by atoms with van der Waals surface area (Å²) in [5.74, 6) is 0.831. The summed E-state index contributed by atoms with van der Waals surface area (Å²) in [6.45, 7) is 2.78. The smallest absolute Gasteiger partial charge is 0.119 e. The zero-order valence-corrected chi connectivity index (χ0v) is 11.7. The van der Waals surface area contributed by atoms with E-state index in [4.69, 9.17) is 16.3 Å². The van der Waals surface area contributed by atoms with Gasteiger partial charge in [0.15, 0.2) is 0 Å². The van der Waals surface area contributed by atoms with Crippen LogP contribution in [0.5, 0.6) is 5.75 Å². The van der Waals surface area contributed by atoms with Crippen molar-refractivity contribution in [1.29, 1.82) is 0 Å². The molecule has 0 fully saturated rings. The lowest BCUT2D eigenvalue weighted by molar-refractivity contribution is 0.224. The molecule has 1 N–H and O–H groups in total. The highest BCUT2D eigenvalue weighted by Gasteiger charge is 2.12. The third-order valence-corrected chi connectivity index (χ3v) is 3.82. The Morgan fingerprint density at radius 2 is 1.94 bits per heavy atom. The first kappa shape index (κ1) is 13.4. The molecule has 1 atom stereocenters.